The summed E-state index contributed by atoms with van der Waals surface area (Å²) in [4.78, 5) is 8.38. The summed E-state index contributed by atoms with van der Waals surface area (Å²) in [7, 11) is 0. The molecule has 0 aliphatic carbocycles. The number of nitrogens with two attached hydrogens (primary N) is 1. The Morgan fingerprint density at radius 1 is 1.05 bits per heavy atom. The molecule has 0 saturated heterocycles. The number of rotatable bonds is 3. The van der Waals surface area contributed by atoms with Crippen LogP contribution in [0.1, 0.15) is 17.5 Å². The van der Waals surface area contributed by atoms with Crippen molar-refractivity contribution in [3.05, 3.63) is 64.1 Å². The van der Waals surface area contributed by atoms with E-state index >= 15 is 0 Å². The SMILES string of the molecule is N[C@@H](c1nc(-c2ncccc2Cl)no1)c1ccccc1Cl. The fourth-order valence-electron chi connectivity index (χ4n) is 1.87. The zero-order valence-corrected chi connectivity index (χ0v) is 12.2. The van der Waals surface area contributed by atoms with E-state index < -0.39 is 6.04 Å². The second kappa shape index (κ2) is 5.81. The minimum absolute atomic E-state index is 0.250. The Labute approximate surface area is 130 Å². The molecule has 0 saturated carbocycles. The molecule has 0 amide bonds. The van der Waals surface area contributed by atoms with Crippen molar-refractivity contribution in [1.29, 1.82) is 0 Å². The highest BCUT2D eigenvalue weighted by Gasteiger charge is 2.20. The molecule has 2 aromatic heterocycles. The maximum atomic E-state index is 6.11. The van der Waals surface area contributed by atoms with Gasteiger partial charge < -0.3 is 10.3 Å². The summed E-state index contributed by atoms with van der Waals surface area (Å²) in [5.41, 5.74) is 7.27. The van der Waals surface area contributed by atoms with Gasteiger partial charge in [0.05, 0.1) is 5.02 Å². The molecule has 7 heteroatoms. The highest BCUT2D eigenvalue weighted by Crippen LogP contribution is 2.28. The van der Waals surface area contributed by atoms with Crippen LogP contribution in [0, 0.1) is 0 Å². The molecule has 106 valence electrons. The molecule has 3 aromatic rings. The minimum Gasteiger partial charge on any atom is -0.337 e. The minimum atomic E-state index is -0.609. The van der Waals surface area contributed by atoms with E-state index in [1.807, 2.05) is 18.2 Å². The number of hydrogen-bond donors (Lipinski definition) is 1. The van der Waals surface area contributed by atoms with Gasteiger partial charge in [0.1, 0.15) is 11.7 Å². The highest BCUT2D eigenvalue weighted by molar-refractivity contribution is 6.32. The lowest BCUT2D eigenvalue weighted by atomic mass is 10.1. The number of pyridine rings is 1. The Bertz CT molecular complexity index is 775. The van der Waals surface area contributed by atoms with Gasteiger partial charge in [-0.1, -0.05) is 46.6 Å². The number of nitrogens with zero attached hydrogens (tertiary/aromatic N) is 3. The Hall–Kier alpha value is -1.95. The van der Waals surface area contributed by atoms with Crippen molar-refractivity contribution < 1.29 is 4.52 Å². The van der Waals surface area contributed by atoms with Gasteiger partial charge in [0.2, 0.25) is 11.7 Å². The smallest absolute Gasteiger partial charge is 0.248 e. The van der Waals surface area contributed by atoms with Crippen molar-refractivity contribution in [3.63, 3.8) is 0 Å². The van der Waals surface area contributed by atoms with E-state index in [1.165, 1.54) is 0 Å². The first-order valence-electron chi connectivity index (χ1n) is 6.11. The van der Waals surface area contributed by atoms with Crippen molar-refractivity contribution in [2.75, 3.05) is 0 Å². The first-order valence-corrected chi connectivity index (χ1v) is 6.87. The van der Waals surface area contributed by atoms with E-state index in [4.69, 9.17) is 33.5 Å². The van der Waals surface area contributed by atoms with Gasteiger partial charge in [-0.25, -0.2) is 0 Å². The number of aromatic nitrogens is 3. The molecular formula is C14H10Cl2N4O. The molecule has 3 rings (SSSR count). The van der Waals surface area contributed by atoms with Crippen LogP contribution >= 0.6 is 23.2 Å². The monoisotopic (exact) mass is 320 g/mol. The zero-order valence-electron chi connectivity index (χ0n) is 10.7. The lowest BCUT2D eigenvalue weighted by Crippen LogP contribution is -2.12. The number of halogens is 2. The Balaban J connectivity index is 1.96. The van der Waals surface area contributed by atoms with Gasteiger partial charge >= 0.3 is 0 Å². The van der Waals surface area contributed by atoms with Crippen LogP contribution in [0.5, 0.6) is 0 Å². The van der Waals surface area contributed by atoms with Crippen LogP contribution in [0.2, 0.25) is 10.0 Å². The zero-order chi connectivity index (χ0) is 14.8. The maximum Gasteiger partial charge on any atom is 0.248 e. The van der Waals surface area contributed by atoms with Gasteiger partial charge in [-0.2, -0.15) is 4.98 Å². The Morgan fingerprint density at radius 2 is 1.81 bits per heavy atom. The van der Waals surface area contributed by atoms with Crippen molar-refractivity contribution in [2.24, 2.45) is 5.73 Å². The van der Waals surface area contributed by atoms with Crippen molar-refractivity contribution >= 4 is 23.2 Å². The van der Waals surface area contributed by atoms with Gasteiger partial charge in [0.15, 0.2) is 0 Å². The van der Waals surface area contributed by atoms with E-state index in [0.717, 1.165) is 0 Å². The van der Waals surface area contributed by atoms with Gasteiger partial charge in [0.25, 0.3) is 0 Å². The van der Waals surface area contributed by atoms with Crippen LogP contribution in [0.4, 0.5) is 0 Å². The fraction of sp³-hybridized carbons (Fsp3) is 0.0714. The number of benzene rings is 1. The molecule has 1 atom stereocenters. The van der Waals surface area contributed by atoms with E-state index in [9.17, 15) is 0 Å². The lowest BCUT2D eigenvalue weighted by Gasteiger charge is -2.08. The maximum absolute atomic E-state index is 6.11. The van der Waals surface area contributed by atoms with Crippen LogP contribution < -0.4 is 5.73 Å². The van der Waals surface area contributed by atoms with Gasteiger partial charge in [0, 0.05) is 11.2 Å². The van der Waals surface area contributed by atoms with Crippen molar-refractivity contribution in [3.8, 4) is 11.5 Å². The van der Waals surface area contributed by atoms with Crippen molar-refractivity contribution in [1.82, 2.24) is 15.1 Å². The molecule has 0 radical (unpaired) electrons. The quantitative estimate of drug-likeness (QED) is 0.799. The molecule has 0 aliphatic heterocycles. The average molecular weight is 321 g/mol. The predicted molar refractivity (Wildman–Crippen MR) is 80.0 cm³/mol. The van der Waals surface area contributed by atoms with E-state index in [1.54, 1.807) is 24.4 Å². The third-order valence-corrected chi connectivity index (χ3v) is 3.57. The first kappa shape index (κ1) is 14.0. The molecule has 5 nitrogen and oxygen atoms in total. The molecular weight excluding hydrogens is 311 g/mol. The third-order valence-electron chi connectivity index (χ3n) is 2.92. The van der Waals surface area contributed by atoms with E-state index in [-0.39, 0.29) is 11.7 Å². The molecule has 2 N–H and O–H groups in total. The molecule has 21 heavy (non-hydrogen) atoms. The van der Waals surface area contributed by atoms with Gasteiger partial charge in [-0.05, 0) is 23.8 Å². The highest BCUT2D eigenvalue weighted by atomic mass is 35.5. The van der Waals surface area contributed by atoms with Crippen LogP contribution in [0.25, 0.3) is 11.5 Å². The van der Waals surface area contributed by atoms with Gasteiger partial charge in [-0.15, -0.1) is 0 Å². The van der Waals surface area contributed by atoms with Crippen LogP contribution in [-0.2, 0) is 0 Å². The second-order valence-corrected chi connectivity index (χ2v) is 5.10. The van der Waals surface area contributed by atoms with Crippen LogP contribution in [0.3, 0.4) is 0 Å². The summed E-state index contributed by atoms with van der Waals surface area (Å²) in [6.45, 7) is 0. The van der Waals surface area contributed by atoms with Crippen LogP contribution in [0.15, 0.2) is 47.1 Å². The summed E-state index contributed by atoms with van der Waals surface area (Å²) < 4.78 is 5.20. The number of hydrogen-bond acceptors (Lipinski definition) is 5. The summed E-state index contributed by atoms with van der Waals surface area (Å²) >= 11 is 12.2. The molecule has 1 aromatic carbocycles. The normalized spacial score (nSPS) is 12.3. The Kier molecular flexibility index (Phi) is 3.88. The summed E-state index contributed by atoms with van der Waals surface area (Å²) in [6.07, 6.45) is 1.60. The summed E-state index contributed by atoms with van der Waals surface area (Å²) in [5, 5.41) is 4.85. The molecule has 0 bridgehead atoms. The fourth-order valence-corrected chi connectivity index (χ4v) is 2.33. The third kappa shape index (κ3) is 2.76. The summed E-state index contributed by atoms with van der Waals surface area (Å²) in [6, 6.07) is 10.0. The molecule has 0 spiro atoms. The summed E-state index contributed by atoms with van der Waals surface area (Å²) in [5.74, 6) is 0.540. The largest absolute Gasteiger partial charge is 0.337 e. The second-order valence-electron chi connectivity index (χ2n) is 4.29. The lowest BCUT2D eigenvalue weighted by molar-refractivity contribution is 0.367. The molecule has 0 aliphatic rings. The van der Waals surface area contributed by atoms with E-state index in [0.29, 0.717) is 21.3 Å². The average Bonchev–Trinajstić information content (AvgIpc) is 2.97. The van der Waals surface area contributed by atoms with Crippen molar-refractivity contribution in [2.45, 2.75) is 6.04 Å². The standard InChI is InChI=1S/C14H10Cl2N4O/c15-9-5-2-1-4-8(9)11(17)14-19-13(20-21-14)12-10(16)6-3-7-18-12/h1-7,11H,17H2/t11-/m1/s1. The van der Waals surface area contributed by atoms with Gasteiger partial charge in [-0.3, -0.25) is 4.98 Å². The molecule has 0 unspecified atom stereocenters. The van der Waals surface area contributed by atoms with E-state index in [2.05, 4.69) is 15.1 Å². The van der Waals surface area contributed by atoms with Crippen LogP contribution in [-0.4, -0.2) is 15.1 Å². The first-order chi connectivity index (χ1) is 10.2. The predicted octanol–water partition coefficient (Wildman–Crippen LogP) is 3.49. The topological polar surface area (TPSA) is 77.8 Å². The molecule has 2 heterocycles. The Morgan fingerprint density at radius 3 is 2.57 bits per heavy atom. The molecule has 0 fully saturated rings.